The molecule has 0 unspecified atom stereocenters. The van der Waals surface area contributed by atoms with E-state index in [1.807, 2.05) is 47.4 Å². The van der Waals surface area contributed by atoms with Gasteiger partial charge in [-0.15, -0.1) is 35.7 Å². The molecule has 0 spiro atoms. The Morgan fingerprint density at radius 3 is 2.18 bits per heavy atom. The van der Waals surface area contributed by atoms with Crippen LogP contribution in [0.2, 0.25) is 0 Å². The molecule has 0 aliphatic carbocycles. The third-order valence-corrected chi connectivity index (χ3v) is 9.27. The molecule has 49 heavy (non-hydrogen) atoms. The first-order chi connectivity index (χ1) is 23.3. The molecule has 0 saturated carbocycles. The van der Waals surface area contributed by atoms with Crippen LogP contribution in [0.1, 0.15) is 81.2 Å². The molecular formula is C43H42N4OPt. The summed E-state index contributed by atoms with van der Waals surface area (Å²) in [7, 11) is 0. The molecule has 0 radical (unpaired) electrons. The van der Waals surface area contributed by atoms with Gasteiger partial charge in [0.25, 0.3) is 0 Å². The van der Waals surface area contributed by atoms with Crippen molar-refractivity contribution in [1.29, 1.82) is 0 Å². The van der Waals surface area contributed by atoms with Gasteiger partial charge in [-0.3, -0.25) is 4.68 Å². The van der Waals surface area contributed by atoms with Crippen LogP contribution in [0.15, 0.2) is 91.4 Å². The summed E-state index contributed by atoms with van der Waals surface area (Å²) in [5, 5.41) is 7.10. The van der Waals surface area contributed by atoms with Crippen molar-refractivity contribution in [3.8, 4) is 34.1 Å². The maximum Gasteiger partial charge on any atom is 2.00 e. The van der Waals surface area contributed by atoms with Crippen LogP contribution in [0.25, 0.3) is 44.4 Å². The second-order valence-corrected chi connectivity index (χ2v) is 13.2. The molecule has 0 aliphatic heterocycles. The fourth-order valence-corrected chi connectivity index (χ4v) is 7.19. The topological polar surface area (TPSA) is 44.9 Å². The number of pyridine rings is 1. The molecule has 250 valence electrons. The number of rotatable bonds is 9. The number of nitrogens with zero attached hydrogens (tertiary/aromatic N) is 4. The number of para-hydroxylation sites is 1. The van der Waals surface area contributed by atoms with Crippen molar-refractivity contribution in [1.82, 2.24) is 19.3 Å². The van der Waals surface area contributed by atoms with Crippen LogP contribution in [0.5, 0.6) is 11.5 Å². The minimum absolute atomic E-state index is 0. The summed E-state index contributed by atoms with van der Waals surface area (Å²) >= 11 is 0. The number of hydrogen-bond acceptors (Lipinski definition) is 3. The van der Waals surface area contributed by atoms with E-state index in [1.54, 1.807) is 0 Å². The average Bonchev–Trinajstić information content (AvgIpc) is 3.70. The molecule has 5 nitrogen and oxygen atoms in total. The molecule has 0 saturated heterocycles. The molecule has 3 aromatic heterocycles. The summed E-state index contributed by atoms with van der Waals surface area (Å²) in [6, 6.07) is 32.0. The minimum atomic E-state index is 0. The molecule has 7 rings (SSSR count). The molecule has 0 aliphatic rings. The Bertz CT molecular complexity index is 2240. The first-order valence-electron chi connectivity index (χ1n) is 17.1. The van der Waals surface area contributed by atoms with Crippen molar-refractivity contribution >= 4 is 21.8 Å². The van der Waals surface area contributed by atoms with E-state index in [0.29, 0.717) is 23.3 Å². The van der Waals surface area contributed by atoms with E-state index in [0.717, 1.165) is 57.3 Å². The standard InChI is InChI=1S/C43H42N4O.Pt/c1-8-30-22-31(9-2)42(28(5)6)43(41(30)27(3)4)32-25-45-46(26-32)33-13-12-14-34(23-33)48-35-17-18-37-36-15-10-11-16-38(36)47(39(37)24-35)40-21-29(7)19-20-44-40;/h10-22,25-28H,8-9H2,1-7H3;/q-2;+2. The van der Waals surface area contributed by atoms with Crippen LogP contribution >= 0.6 is 0 Å². The maximum absolute atomic E-state index is 6.43. The Labute approximate surface area is 304 Å². The second kappa shape index (κ2) is 14.2. The zero-order chi connectivity index (χ0) is 33.5. The number of aryl methyl sites for hydroxylation is 3. The predicted octanol–water partition coefficient (Wildman–Crippen LogP) is 11.1. The van der Waals surface area contributed by atoms with E-state index in [1.165, 1.54) is 27.8 Å². The van der Waals surface area contributed by atoms with Gasteiger partial charge in [0.1, 0.15) is 5.82 Å². The van der Waals surface area contributed by atoms with Crippen molar-refractivity contribution in [2.45, 2.75) is 73.1 Å². The van der Waals surface area contributed by atoms with Gasteiger partial charge in [-0.05, 0) is 94.3 Å². The summed E-state index contributed by atoms with van der Waals surface area (Å²) in [6.07, 6.45) is 8.03. The largest absolute Gasteiger partial charge is 2.00 e. The molecule has 0 bridgehead atoms. The molecule has 6 heteroatoms. The van der Waals surface area contributed by atoms with Crippen molar-refractivity contribution in [3.63, 3.8) is 0 Å². The van der Waals surface area contributed by atoms with E-state index < -0.39 is 0 Å². The summed E-state index contributed by atoms with van der Waals surface area (Å²) in [5.74, 6) is 2.87. The van der Waals surface area contributed by atoms with Crippen LogP contribution < -0.4 is 4.74 Å². The molecule has 4 aromatic carbocycles. The van der Waals surface area contributed by atoms with Gasteiger partial charge >= 0.3 is 21.1 Å². The van der Waals surface area contributed by atoms with Gasteiger partial charge in [-0.2, -0.15) is 17.2 Å². The number of hydrogen-bond donors (Lipinski definition) is 0. The van der Waals surface area contributed by atoms with Crippen LogP contribution in [0, 0.1) is 19.1 Å². The summed E-state index contributed by atoms with van der Waals surface area (Å²) < 4.78 is 10.5. The molecule has 3 heterocycles. The predicted molar refractivity (Wildman–Crippen MR) is 197 cm³/mol. The Kier molecular flexibility index (Phi) is 9.95. The molecule has 0 fully saturated rings. The van der Waals surface area contributed by atoms with Gasteiger partial charge in [0.2, 0.25) is 0 Å². The first-order valence-corrected chi connectivity index (χ1v) is 17.1. The summed E-state index contributed by atoms with van der Waals surface area (Å²) in [5.41, 5.74) is 12.2. The SMILES string of the molecule is CCc1cc(CC)c(C(C)C)c(-c2cnn(-c3[c-]c(Oc4[c-]c5c(cc4)c4ccccc4n5-c4cc(C)ccn4)ccc3)c2)c1C(C)C.[Pt+2]. The van der Waals surface area contributed by atoms with Crippen LogP contribution in [-0.2, 0) is 33.9 Å². The van der Waals surface area contributed by atoms with Gasteiger partial charge < -0.3 is 9.30 Å². The summed E-state index contributed by atoms with van der Waals surface area (Å²) in [6.45, 7) is 15.8. The van der Waals surface area contributed by atoms with Crippen LogP contribution in [0.4, 0.5) is 0 Å². The fourth-order valence-electron chi connectivity index (χ4n) is 7.19. The average molecular weight is 826 g/mol. The molecule has 0 atom stereocenters. The Hall–Kier alpha value is -4.47. The third-order valence-electron chi connectivity index (χ3n) is 9.27. The first kappa shape index (κ1) is 34.4. The zero-order valence-electron chi connectivity index (χ0n) is 29.2. The van der Waals surface area contributed by atoms with Crippen LogP contribution in [-0.4, -0.2) is 19.3 Å². The quantitative estimate of drug-likeness (QED) is 0.136. The maximum atomic E-state index is 6.43. The van der Waals surface area contributed by atoms with E-state index in [9.17, 15) is 0 Å². The Morgan fingerprint density at radius 2 is 1.49 bits per heavy atom. The molecule has 0 N–H and O–H groups in total. The van der Waals surface area contributed by atoms with Gasteiger partial charge in [0, 0.05) is 35.0 Å². The number of aromatic nitrogens is 4. The fraction of sp³-hybridized carbons (Fsp3) is 0.256. The van der Waals surface area contributed by atoms with Crippen LogP contribution in [0.3, 0.4) is 0 Å². The molecular weight excluding hydrogens is 784 g/mol. The van der Waals surface area contributed by atoms with Crippen molar-refractivity contribution < 1.29 is 25.8 Å². The third kappa shape index (κ3) is 6.37. The van der Waals surface area contributed by atoms with Gasteiger partial charge in [0.15, 0.2) is 0 Å². The van der Waals surface area contributed by atoms with E-state index in [4.69, 9.17) is 14.8 Å². The smallest absolute Gasteiger partial charge is 0.509 e. The van der Waals surface area contributed by atoms with E-state index >= 15 is 0 Å². The molecule has 7 aromatic rings. The zero-order valence-corrected chi connectivity index (χ0v) is 31.5. The number of fused-ring (bicyclic) bond motifs is 3. The second-order valence-electron chi connectivity index (χ2n) is 13.2. The van der Waals surface area contributed by atoms with Crippen molar-refractivity contribution in [2.24, 2.45) is 0 Å². The number of ether oxygens (including phenoxy) is 1. The number of benzene rings is 4. The minimum Gasteiger partial charge on any atom is -0.509 e. The van der Waals surface area contributed by atoms with E-state index in [-0.39, 0.29) is 21.1 Å². The van der Waals surface area contributed by atoms with Crippen molar-refractivity contribution in [2.75, 3.05) is 0 Å². The Morgan fingerprint density at radius 1 is 0.776 bits per heavy atom. The summed E-state index contributed by atoms with van der Waals surface area (Å²) in [4.78, 5) is 4.70. The molecule has 0 amide bonds. The van der Waals surface area contributed by atoms with E-state index in [2.05, 4.69) is 114 Å². The monoisotopic (exact) mass is 825 g/mol. The van der Waals surface area contributed by atoms with Gasteiger partial charge in [0.05, 0.1) is 6.20 Å². The Balaban J connectivity index is 0.00000417. The van der Waals surface area contributed by atoms with Gasteiger partial charge in [-0.25, -0.2) is 4.98 Å². The van der Waals surface area contributed by atoms with Gasteiger partial charge in [-0.1, -0.05) is 71.3 Å². The van der Waals surface area contributed by atoms with Crippen molar-refractivity contribution in [3.05, 3.63) is 131 Å². The normalized spacial score (nSPS) is 11.5.